The second-order valence-corrected chi connectivity index (χ2v) is 5.52. The van der Waals surface area contributed by atoms with Gasteiger partial charge in [-0.25, -0.2) is 0 Å². The summed E-state index contributed by atoms with van der Waals surface area (Å²) in [4.78, 5) is 4.43. The first-order valence-electron chi connectivity index (χ1n) is 4.84. The van der Waals surface area contributed by atoms with Gasteiger partial charge in [0.15, 0.2) is 0 Å². The third-order valence-corrected chi connectivity index (χ3v) is 3.69. The lowest BCUT2D eigenvalue weighted by molar-refractivity contribution is 0.868. The molecule has 0 aliphatic rings. The Morgan fingerprint density at radius 1 is 1.13 bits per heavy atom. The summed E-state index contributed by atoms with van der Waals surface area (Å²) < 4.78 is 2.14. The maximum Gasteiger partial charge on any atom is 0.0847 e. The highest BCUT2D eigenvalue weighted by molar-refractivity contribution is 9.11. The van der Waals surface area contributed by atoms with Crippen molar-refractivity contribution in [2.24, 2.45) is 0 Å². The van der Waals surface area contributed by atoms with Crippen molar-refractivity contribution in [3.05, 3.63) is 38.9 Å². The predicted molar refractivity (Wildman–Crippen MR) is 71.2 cm³/mol. The Hall–Kier alpha value is -0.410. The number of pyridine rings is 1. The van der Waals surface area contributed by atoms with Gasteiger partial charge in [-0.2, -0.15) is 0 Å². The number of hydrogen-bond donors (Lipinski definition) is 0. The minimum atomic E-state index is 0.485. The molecule has 3 heteroatoms. The predicted octanol–water partition coefficient (Wildman–Crippen LogP) is 4.88. The van der Waals surface area contributed by atoms with Gasteiger partial charge in [-0.1, -0.05) is 26.0 Å². The topological polar surface area (TPSA) is 12.9 Å². The van der Waals surface area contributed by atoms with Crippen molar-refractivity contribution in [2.75, 3.05) is 0 Å². The van der Waals surface area contributed by atoms with Gasteiger partial charge >= 0.3 is 0 Å². The van der Waals surface area contributed by atoms with Gasteiger partial charge in [0, 0.05) is 20.5 Å². The number of nitrogens with zero attached hydrogens (tertiary/aromatic N) is 1. The van der Waals surface area contributed by atoms with E-state index in [0.29, 0.717) is 5.92 Å². The SMILES string of the molecule is CC(C)c1c(Br)cnc2c(Br)cccc12. The summed E-state index contributed by atoms with van der Waals surface area (Å²) in [5.74, 6) is 0.485. The molecule has 1 aromatic heterocycles. The molecule has 1 aromatic carbocycles. The van der Waals surface area contributed by atoms with E-state index < -0.39 is 0 Å². The number of para-hydroxylation sites is 1. The monoisotopic (exact) mass is 327 g/mol. The molecule has 1 heterocycles. The van der Waals surface area contributed by atoms with Crippen molar-refractivity contribution >= 4 is 42.8 Å². The highest BCUT2D eigenvalue weighted by Crippen LogP contribution is 2.33. The van der Waals surface area contributed by atoms with Gasteiger partial charge in [0.2, 0.25) is 0 Å². The maximum atomic E-state index is 4.43. The molecule has 2 aromatic rings. The Morgan fingerprint density at radius 2 is 1.87 bits per heavy atom. The Bertz CT molecular complexity index is 506. The lowest BCUT2D eigenvalue weighted by Gasteiger charge is -2.12. The zero-order chi connectivity index (χ0) is 11.0. The molecule has 1 nitrogen and oxygen atoms in total. The molecule has 0 aliphatic carbocycles. The number of benzene rings is 1. The van der Waals surface area contributed by atoms with Crippen LogP contribution in [0.5, 0.6) is 0 Å². The smallest absolute Gasteiger partial charge is 0.0847 e. The minimum absolute atomic E-state index is 0.485. The zero-order valence-corrected chi connectivity index (χ0v) is 11.8. The van der Waals surface area contributed by atoms with Crippen LogP contribution in [0.25, 0.3) is 10.9 Å². The molecule has 0 radical (unpaired) electrons. The van der Waals surface area contributed by atoms with Crippen LogP contribution >= 0.6 is 31.9 Å². The highest BCUT2D eigenvalue weighted by Gasteiger charge is 2.11. The van der Waals surface area contributed by atoms with Crippen LogP contribution in [0.15, 0.2) is 33.3 Å². The summed E-state index contributed by atoms with van der Waals surface area (Å²) >= 11 is 7.09. The summed E-state index contributed by atoms with van der Waals surface area (Å²) in [6, 6.07) is 6.19. The molecule has 0 amide bonds. The van der Waals surface area contributed by atoms with Crippen LogP contribution in [0.3, 0.4) is 0 Å². The van der Waals surface area contributed by atoms with Crippen LogP contribution in [-0.4, -0.2) is 4.98 Å². The van der Waals surface area contributed by atoms with Gasteiger partial charge in [0.1, 0.15) is 0 Å². The number of fused-ring (bicyclic) bond motifs is 1. The number of hydrogen-bond acceptors (Lipinski definition) is 1. The van der Waals surface area contributed by atoms with E-state index in [4.69, 9.17) is 0 Å². The average Bonchev–Trinajstić information content (AvgIpc) is 2.17. The number of aromatic nitrogens is 1. The lowest BCUT2D eigenvalue weighted by Crippen LogP contribution is -1.93. The zero-order valence-electron chi connectivity index (χ0n) is 8.59. The summed E-state index contributed by atoms with van der Waals surface area (Å²) in [5, 5.41) is 1.22. The van der Waals surface area contributed by atoms with E-state index in [0.717, 1.165) is 14.5 Å². The van der Waals surface area contributed by atoms with Gasteiger partial charge in [-0.3, -0.25) is 4.98 Å². The summed E-state index contributed by atoms with van der Waals surface area (Å²) in [6.07, 6.45) is 1.88. The second-order valence-electron chi connectivity index (χ2n) is 3.81. The van der Waals surface area contributed by atoms with Gasteiger partial charge in [0.25, 0.3) is 0 Å². The Labute approximate surface area is 106 Å². The molecule has 0 N–H and O–H groups in total. The van der Waals surface area contributed by atoms with E-state index in [2.05, 4.69) is 56.8 Å². The van der Waals surface area contributed by atoms with Crippen molar-refractivity contribution < 1.29 is 0 Å². The van der Waals surface area contributed by atoms with Crippen LogP contribution in [-0.2, 0) is 0 Å². The fourth-order valence-corrected chi connectivity index (χ4v) is 3.01. The fraction of sp³-hybridized carbons (Fsp3) is 0.250. The van der Waals surface area contributed by atoms with Crippen LogP contribution in [0.1, 0.15) is 25.3 Å². The molecule has 0 saturated heterocycles. The van der Waals surface area contributed by atoms with Crippen LogP contribution in [0, 0.1) is 0 Å². The van der Waals surface area contributed by atoms with E-state index in [1.54, 1.807) is 0 Å². The molecule has 2 rings (SSSR count). The Balaban J connectivity index is 2.88. The Morgan fingerprint density at radius 3 is 2.53 bits per heavy atom. The van der Waals surface area contributed by atoms with Crippen LogP contribution < -0.4 is 0 Å². The van der Waals surface area contributed by atoms with E-state index in [-0.39, 0.29) is 0 Å². The molecular formula is C12H11Br2N. The molecule has 0 bridgehead atoms. The largest absolute Gasteiger partial charge is 0.254 e. The van der Waals surface area contributed by atoms with E-state index in [9.17, 15) is 0 Å². The molecule has 0 aliphatic heterocycles. The maximum absolute atomic E-state index is 4.43. The molecule has 0 saturated carbocycles. The molecule has 0 atom stereocenters. The van der Waals surface area contributed by atoms with Crippen molar-refractivity contribution in [1.82, 2.24) is 4.98 Å². The summed E-state index contributed by atoms with van der Waals surface area (Å²) in [5.41, 5.74) is 2.35. The average molecular weight is 329 g/mol. The Kier molecular flexibility index (Phi) is 3.12. The van der Waals surface area contributed by atoms with Gasteiger partial charge < -0.3 is 0 Å². The lowest BCUT2D eigenvalue weighted by atomic mass is 9.99. The van der Waals surface area contributed by atoms with E-state index >= 15 is 0 Å². The van der Waals surface area contributed by atoms with Crippen molar-refractivity contribution in [3.63, 3.8) is 0 Å². The summed E-state index contributed by atoms with van der Waals surface area (Å²) in [6.45, 7) is 4.39. The van der Waals surface area contributed by atoms with Crippen molar-refractivity contribution in [2.45, 2.75) is 19.8 Å². The van der Waals surface area contributed by atoms with Gasteiger partial charge in [0.05, 0.1) is 5.52 Å². The van der Waals surface area contributed by atoms with Crippen molar-refractivity contribution in [3.8, 4) is 0 Å². The quantitative estimate of drug-likeness (QED) is 0.726. The molecule has 15 heavy (non-hydrogen) atoms. The first kappa shape index (κ1) is 11.1. The van der Waals surface area contributed by atoms with Crippen LogP contribution in [0.4, 0.5) is 0 Å². The first-order chi connectivity index (χ1) is 7.11. The number of halogens is 2. The number of rotatable bonds is 1. The highest BCUT2D eigenvalue weighted by atomic mass is 79.9. The van der Waals surface area contributed by atoms with E-state index in [1.165, 1.54) is 10.9 Å². The fourth-order valence-electron chi connectivity index (χ4n) is 1.77. The molecule has 78 valence electrons. The second kappa shape index (κ2) is 4.22. The van der Waals surface area contributed by atoms with Gasteiger partial charge in [-0.05, 0) is 49.4 Å². The first-order valence-corrected chi connectivity index (χ1v) is 6.42. The third kappa shape index (κ3) is 1.95. The minimum Gasteiger partial charge on any atom is -0.254 e. The standard InChI is InChI=1S/C12H11Br2N/c1-7(2)11-8-4-3-5-9(13)12(8)15-6-10(11)14/h3-7H,1-2H3. The van der Waals surface area contributed by atoms with Crippen LogP contribution in [0.2, 0.25) is 0 Å². The van der Waals surface area contributed by atoms with Gasteiger partial charge in [-0.15, -0.1) is 0 Å². The molecular weight excluding hydrogens is 318 g/mol. The molecule has 0 fully saturated rings. The summed E-state index contributed by atoms with van der Waals surface area (Å²) in [7, 11) is 0. The normalized spacial score (nSPS) is 11.3. The molecule has 0 spiro atoms. The molecule has 0 unspecified atom stereocenters. The third-order valence-electron chi connectivity index (χ3n) is 2.42. The van der Waals surface area contributed by atoms with E-state index in [1.807, 2.05) is 18.3 Å². The van der Waals surface area contributed by atoms with Crippen molar-refractivity contribution in [1.29, 1.82) is 0 Å².